The smallest absolute Gasteiger partial charge is 0.325 e. The summed E-state index contributed by atoms with van der Waals surface area (Å²) in [5.74, 6) is -0.268. The molecule has 0 fully saturated rings. The maximum Gasteiger partial charge on any atom is 0.325 e. The fourth-order valence-electron chi connectivity index (χ4n) is 2.01. The number of ether oxygens (including phenoxy) is 1. The Balaban J connectivity index is 2.11. The number of rotatable bonds is 5. The molecule has 20 heavy (non-hydrogen) atoms. The Morgan fingerprint density at radius 3 is 2.50 bits per heavy atom. The lowest BCUT2D eigenvalue weighted by Gasteiger charge is -2.11. The molecule has 0 aliphatic carbocycles. The minimum Gasteiger partial charge on any atom is -0.468 e. The maximum absolute atomic E-state index is 11.2. The molecule has 2 aromatic rings. The zero-order valence-electron chi connectivity index (χ0n) is 11.8. The van der Waals surface area contributed by atoms with Gasteiger partial charge in [0.05, 0.1) is 7.11 Å². The van der Waals surface area contributed by atoms with Crippen LogP contribution in [0, 0.1) is 6.92 Å². The van der Waals surface area contributed by atoms with Gasteiger partial charge < -0.3 is 10.1 Å². The summed E-state index contributed by atoms with van der Waals surface area (Å²) in [5.41, 5.74) is 4.65. The SMILES string of the molecule is COC(=O)CNc1ccccc1Cc1ccc(C)cc1. The van der Waals surface area contributed by atoms with Crippen molar-refractivity contribution in [3.05, 3.63) is 65.2 Å². The molecule has 2 aromatic carbocycles. The van der Waals surface area contributed by atoms with E-state index in [-0.39, 0.29) is 12.5 Å². The normalized spacial score (nSPS) is 10.1. The minimum absolute atomic E-state index is 0.182. The number of anilines is 1. The third-order valence-corrected chi connectivity index (χ3v) is 3.18. The molecular formula is C17H19NO2. The van der Waals surface area contributed by atoms with Gasteiger partial charge in [-0.3, -0.25) is 4.79 Å². The highest BCUT2D eigenvalue weighted by Gasteiger charge is 2.05. The molecule has 0 aromatic heterocycles. The van der Waals surface area contributed by atoms with Crippen LogP contribution in [0.4, 0.5) is 5.69 Å². The number of aryl methyl sites for hydroxylation is 1. The predicted molar refractivity (Wildman–Crippen MR) is 80.9 cm³/mol. The number of nitrogens with one attached hydrogen (secondary N) is 1. The summed E-state index contributed by atoms with van der Waals surface area (Å²) >= 11 is 0. The highest BCUT2D eigenvalue weighted by Crippen LogP contribution is 2.19. The summed E-state index contributed by atoms with van der Waals surface area (Å²) < 4.78 is 4.64. The Bertz CT molecular complexity index is 576. The Kier molecular flexibility index (Phi) is 4.77. The highest BCUT2D eigenvalue weighted by molar-refractivity contribution is 5.75. The molecule has 0 radical (unpaired) electrons. The second-order valence-corrected chi connectivity index (χ2v) is 4.75. The van der Waals surface area contributed by atoms with Gasteiger partial charge in [0.2, 0.25) is 0 Å². The molecule has 0 bridgehead atoms. The monoisotopic (exact) mass is 269 g/mol. The number of hydrogen-bond donors (Lipinski definition) is 1. The fourth-order valence-corrected chi connectivity index (χ4v) is 2.01. The molecule has 0 aliphatic heterocycles. The van der Waals surface area contributed by atoms with E-state index in [1.54, 1.807) is 0 Å². The Morgan fingerprint density at radius 2 is 1.80 bits per heavy atom. The van der Waals surface area contributed by atoms with Gasteiger partial charge in [0, 0.05) is 5.69 Å². The zero-order chi connectivity index (χ0) is 14.4. The second kappa shape index (κ2) is 6.75. The van der Waals surface area contributed by atoms with Gasteiger partial charge in [-0.2, -0.15) is 0 Å². The molecule has 3 heteroatoms. The number of methoxy groups -OCH3 is 1. The van der Waals surface area contributed by atoms with E-state index in [2.05, 4.69) is 47.3 Å². The van der Waals surface area contributed by atoms with Crippen molar-refractivity contribution >= 4 is 11.7 Å². The van der Waals surface area contributed by atoms with E-state index in [0.717, 1.165) is 12.1 Å². The Labute approximate surface area is 119 Å². The summed E-state index contributed by atoms with van der Waals surface area (Å²) in [7, 11) is 1.39. The van der Waals surface area contributed by atoms with Crippen molar-refractivity contribution < 1.29 is 9.53 Å². The first-order chi connectivity index (χ1) is 9.69. The fraction of sp³-hybridized carbons (Fsp3) is 0.235. The molecule has 0 amide bonds. The van der Waals surface area contributed by atoms with E-state index in [1.165, 1.54) is 23.8 Å². The standard InChI is InChI=1S/C17H19NO2/c1-13-7-9-14(10-8-13)11-15-5-3-4-6-16(15)18-12-17(19)20-2/h3-10,18H,11-12H2,1-2H3. The van der Waals surface area contributed by atoms with Crippen LogP contribution < -0.4 is 5.32 Å². The highest BCUT2D eigenvalue weighted by atomic mass is 16.5. The summed E-state index contributed by atoms with van der Waals surface area (Å²) in [6, 6.07) is 16.5. The molecule has 0 saturated carbocycles. The van der Waals surface area contributed by atoms with Crippen molar-refractivity contribution in [3.8, 4) is 0 Å². The van der Waals surface area contributed by atoms with Crippen LogP contribution in [0.15, 0.2) is 48.5 Å². The first kappa shape index (κ1) is 14.1. The molecule has 104 valence electrons. The van der Waals surface area contributed by atoms with E-state index in [9.17, 15) is 4.79 Å². The van der Waals surface area contributed by atoms with Crippen molar-refractivity contribution in [2.24, 2.45) is 0 Å². The van der Waals surface area contributed by atoms with Gasteiger partial charge in [-0.25, -0.2) is 0 Å². The van der Waals surface area contributed by atoms with Crippen molar-refractivity contribution in [2.45, 2.75) is 13.3 Å². The van der Waals surface area contributed by atoms with Crippen LogP contribution in [0.2, 0.25) is 0 Å². The number of carbonyl (C=O) groups excluding carboxylic acids is 1. The molecule has 0 heterocycles. The largest absolute Gasteiger partial charge is 0.468 e. The van der Waals surface area contributed by atoms with Crippen LogP contribution in [0.5, 0.6) is 0 Å². The number of benzene rings is 2. The lowest BCUT2D eigenvalue weighted by atomic mass is 10.0. The van der Waals surface area contributed by atoms with Gasteiger partial charge in [0.15, 0.2) is 0 Å². The van der Waals surface area contributed by atoms with Crippen LogP contribution in [0.3, 0.4) is 0 Å². The first-order valence-electron chi connectivity index (χ1n) is 6.63. The molecule has 0 aliphatic rings. The van der Waals surface area contributed by atoms with Crippen LogP contribution >= 0.6 is 0 Å². The zero-order valence-corrected chi connectivity index (χ0v) is 11.8. The molecule has 3 nitrogen and oxygen atoms in total. The van der Waals surface area contributed by atoms with E-state index in [4.69, 9.17) is 0 Å². The molecule has 0 saturated heterocycles. The summed E-state index contributed by atoms with van der Waals surface area (Å²) in [6.45, 7) is 2.26. The minimum atomic E-state index is -0.268. The number of para-hydroxylation sites is 1. The van der Waals surface area contributed by atoms with Crippen LogP contribution in [0.25, 0.3) is 0 Å². The predicted octanol–water partition coefficient (Wildman–Crippen LogP) is 3.17. The van der Waals surface area contributed by atoms with Crippen molar-refractivity contribution in [3.63, 3.8) is 0 Å². The molecule has 0 atom stereocenters. The number of carbonyl (C=O) groups is 1. The van der Waals surface area contributed by atoms with E-state index in [0.29, 0.717) is 0 Å². The summed E-state index contributed by atoms with van der Waals surface area (Å²) in [5, 5.41) is 3.12. The van der Waals surface area contributed by atoms with Crippen LogP contribution in [-0.4, -0.2) is 19.6 Å². The van der Waals surface area contributed by atoms with Gasteiger partial charge in [-0.1, -0.05) is 48.0 Å². The first-order valence-corrected chi connectivity index (χ1v) is 6.63. The van der Waals surface area contributed by atoms with E-state index < -0.39 is 0 Å². The summed E-state index contributed by atoms with van der Waals surface area (Å²) in [4.78, 5) is 11.2. The third-order valence-electron chi connectivity index (χ3n) is 3.18. The van der Waals surface area contributed by atoms with Gasteiger partial charge in [-0.05, 0) is 30.5 Å². The lowest BCUT2D eigenvalue weighted by molar-refractivity contribution is -0.138. The molecule has 1 N–H and O–H groups in total. The topological polar surface area (TPSA) is 38.3 Å². The van der Waals surface area contributed by atoms with Crippen LogP contribution in [0.1, 0.15) is 16.7 Å². The third kappa shape index (κ3) is 3.85. The Hall–Kier alpha value is -2.29. The second-order valence-electron chi connectivity index (χ2n) is 4.75. The molecule has 0 spiro atoms. The molecule has 2 rings (SSSR count). The summed E-state index contributed by atoms with van der Waals surface area (Å²) in [6.07, 6.45) is 0.838. The number of hydrogen-bond acceptors (Lipinski definition) is 3. The molecular weight excluding hydrogens is 250 g/mol. The average Bonchev–Trinajstić information content (AvgIpc) is 2.48. The quantitative estimate of drug-likeness (QED) is 0.847. The molecule has 0 unspecified atom stereocenters. The van der Waals surface area contributed by atoms with Crippen molar-refractivity contribution in [2.75, 3.05) is 19.0 Å². The average molecular weight is 269 g/mol. The maximum atomic E-state index is 11.2. The van der Waals surface area contributed by atoms with Crippen molar-refractivity contribution in [1.82, 2.24) is 0 Å². The van der Waals surface area contributed by atoms with Gasteiger partial charge >= 0.3 is 5.97 Å². The van der Waals surface area contributed by atoms with Crippen molar-refractivity contribution in [1.29, 1.82) is 0 Å². The number of esters is 1. The van der Waals surface area contributed by atoms with E-state index in [1.807, 2.05) is 18.2 Å². The van der Waals surface area contributed by atoms with Gasteiger partial charge in [0.25, 0.3) is 0 Å². The van der Waals surface area contributed by atoms with Gasteiger partial charge in [0.1, 0.15) is 6.54 Å². The lowest BCUT2D eigenvalue weighted by Crippen LogP contribution is -2.15. The van der Waals surface area contributed by atoms with Gasteiger partial charge in [-0.15, -0.1) is 0 Å². The van der Waals surface area contributed by atoms with Crippen LogP contribution in [-0.2, 0) is 16.0 Å². The van der Waals surface area contributed by atoms with E-state index >= 15 is 0 Å². The Morgan fingerprint density at radius 1 is 1.10 bits per heavy atom.